The van der Waals surface area contributed by atoms with Gasteiger partial charge in [0, 0.05) is 19.0 Å². The fourth-order valence-corrected chi connectivity index (χ4v) is 2.49. The number of hydrogen-bond donors (Lipinski definition) is 1. The maximum absolute atomic E-state index is 12.4. The van der Waals surface area contributed by atoms with Crippen molar-refractivity contribution >= 4 is 17.8 Å². The maximum Gasteiger partial charge on any atom is 0.323 e. The van der Waals surface area contributed by atoms with Gasteiger partial charge in [-0.2, -0.15) is 0 Å². The van der Waals surface area contributed by atoms with Crippen molar-refractivity contribution in [2.45, 2.75) is 58.4 Å². The third-order valence-electron chi connectivity index (χ3n) is 4.00. The first-order valence-corrected chi connectivity index (χ1v) is 7.74. The number of likely N-dealkylation sites (tertiary alicyclic amines) is 1. The number of rotatable bonds is 6. The average Bonchev–Trinajstić information content (AvgIpc) is 2.43. The lowest BCUT2D eigenvalue weighted by Gasteiger charge is -2.31. The van der Waals surface area contributed by atoms with Gasteiger partial charge in [-0.25, -0.2) is 0 Å². The predicted octanol–water partition coefficient (Wildman–Crippen LogP) is 1.49. The third-order valence-corrected chi connectivity index (χ3v) is 4.00. The summed E-state index contributed by atoms with van der Waals surface area (Å²) in [7, 11) is 0. The SMILES string of the molecule is CCC(C)N(CC(=O)O)C(=O)CN1CCCCCCC1=O. The summed E-state index contributed by atoms with van der Waals surface area (Å²) in [4.78, 5) is 38.2. The minimum absolute atomic E-state index is 0.00229. The molecule has 21 heavy (non-hydrogen) atoms. The molecule has 1 rings (SSSR count). The van der Waals surface area contributed by atoms with Crippen molar-refractivity contribution in [2.24, 2.45) is 0 Å². The Bertz CT molecular complexity index is 384. The van der Waals surface area contributed by atoms with E-state index in [1.807, 2.05) is 13.8 Å². The minimum atomic E-state index is -1.03. The fourth-order valence-electron chi connectivity index (χ4n) is 2.49. The minimum Gasteiger partial charge on any atom is -0.480 e. The molecule has 1 N–H and O–H groups in total. The van der Waals surface area contributed by atoms with E-state index >= 15 is 0 Å². The third kappa shape index (κ3) is 5.73. The summed E-state index contributed by atoms with van der Waals surface area (Å²) < 4.78 is 0. The van der Waals surface area contributed by atoms with Gasteiger partial charge < -0.3 is 14.9 Å². The van der Waals surface area contributed by atoms with Gasteiger partial charge >= 0.3 is 5.97 Å². The van der Waals surface area contributed by atoms with E-state index in [-0.39, 0.29) is 30.9 Å². The quantitative estimate of drug-likeness (QED) is 0.806. The zero-order valence-electron chi connectivity index (χ0n) is 13.0. The van der Waals surface area contributed by atoms with Crippen LogP contribution in [0.2, 0.25) is 0 Å². The molecule has 0 aromatic rings. The molecule has 0 aliphatic carbocycles. The van der Waals surface area contributed by atoms with Gasteiger partial charge in [0.2, 0.25) is 11.8 Å². The van der Waals surface area contributed by atoms with Crippen LogP contribution >= 0.6 is 0 Å². The second-order valence-electron chi connectivity index (χ2n) is 5.65. The van der Waals surface area contributed by atoms with E-state index in [0.717, 1.165) is 25.7 Å². The molecule has 0 radical (unpaired) electrons. The highest BCUT2D eigenvalue weighted by Gasteiger charge is 2.25. The predicted molar refractivity (Wildman–Crippen MR) is 78.8 cm³/mol. The maximum atomic E-state index is 12.4. The molecule has 0 aromatic heterocycles. The normalized spacial score (nSPS) is 17.8. The van der Waals surface area contributed by atoms with Crippen LogP contribution in [0, 0.1) is 0 Å². The first kappa shape index (κ1) is 17.5. The molecule has 1 saturated heterocycles. The molecule has 1 heterocycles. The van der Waals surface area contributed by atoms with Crippen LogP contribution < -0.4 is 0 Å². The summed E-state index contributed by atoms with van der Waals surface area (Å²) in [5, 5.41) is 8.94. The first-order valence-electron chi connectivity index (χ1n) is 7.74. The second kappa shape index (κ2) is 8.64. The van der Waals surface area contributed by atoms with E-state index in [4.69, 9.17) is 5.11 Å². The molecule has 1 aliphatic rings. The molecule has 0 spiro atoms. The van der Waals surface area contributed by atoms with Gasteiger partial charge in [0.1, 0.15) is 6.54 Å². The standard InChI is InChI=1S/C15H26N2O4/c1-3-12(2)17(11-15(20)21)14(19)10-16-9-7-5-4-6-8-13(16)18/h12H,3-11H2,1-2H3,(H,20,21). The van der Waals surface area contributed by atoms with Crippen LogP contribution in [0.1, 0.15) is 52.4 Å². The summed E-state index contributed by atoms with van der Waals surface area (Å²) in [5.41, 5.74) is 0. The van der Waals surface area contributed by atoms with Crippen LogP contribution in [0.25, 0.3) is 0 Å². The second-order valence-corrected chi connectivity index (χ2v) is 5.65. The van der Waals surface area contributed by atoms with Crippen LogP contribution in [-0.2, 0) is 14.4 Å². The van der Waals surface area contributed by atoms with Crippen LogP contribution in [0.5, 0.6) is 0 Å². The van der Waals surface area contributed by atoms with Crippen molar-refractivity contribution < 1.29 is 19.5 Å². The lowest BCUT2D eigenvalue weighted by molar-refractivity contribution is -0.148. The molecule has 1 atom stereocenters. The van der Waals surface area contributed by atoms with Crippen LogP contribution in [-0.4, -0.2) is 58.4 Å². The molecular weight excluding hydrogens is 272 g/mol. The highest BCUT2D eigenvalue weighted by Crippen LogP contribution is 2.13. The fraction of sp³-hybridized carbons (Fsp3) is 0.800. The molecule has 0 saturated carbocycles. The lowest BCUT2D eigenvalue weighted by atomic mass is 10.1. The summed E-state index contributed by atoms with van der Waals surface area (Å²) in [6.45, 7) is 4.02. The van der Waals surface area contributed by atoms with Crippen molar-refractivity contribution in [1.82, 2.24) is 9.80 Å². The topological polar surface area (TPSA) is 77.9 Å². The largest absolute Gasteiger partial charge is 0.480 e. The van der Waals surface area contributed by atoms with E-state index in [1.165, 1.54) is 4.90 Å². The summed E-state index contributed by atoms with van der Waals surface area (Å²) >= 11 is 0. The Labute approximate surface area is 126 Å². The Morgan fingerprint density at radius 1 is 1.29 bits per heavy atom. The number of hydrogen-bond acceptors (Lipinski definition) is 3. The average molecular weight is 298 g/mol. The highest BCUT2D eigenvalue weighted by molar-refractivity contribution is 5.87. The zero-order chi connectivity index (χ0) is 15.8. The molecule has 1 fully saturated rings. The van der Waals surface area contributed by atoms with Crippen LogP contribution in [0.15, 0.2) is 0 Å². The Morgan fingerprint density at radius 2 is 1.95 bits per heavy atom. The summed E-state index contributed by atoms with van der Waals surface area (Å²) in [5.74, 6) is -1.30. The van der Waals surface area contributed by atoms with Crippen LogP contribution in [0.3, 0.4) is 0 Å². The van der Waals surface area contributed by atoms with E-state index in [0.29, 0.717) is 19.4 Å². The molecule has 120 valence electrons. The molecule has 6 nitrogen and oxygen atoms in total. The molecule has 0 aromatic carbocycles. The van der Waals surface area contributed by atoms with Gasteiger partial charge in [0.05, 0.1) is 6.54 Å². The number of carboxylic acid groups (broad SMARTS) is 1. The molecule has 6 heteroatoms. The van der Waals surface area contributed by atoms with Gasteiger partial charge in [-0.15, -0.1) is 0 Å². The molecular formula is C15H26N2O4. The van der Waals surface area contributed by atoms with E-state index < -0.39 is 5.97 Å². The number of nitrogens with zero attached hydrogens (tertiary/aromatic N) is 2. The van der Waals surface area contributed by atoms with Crippen molar-refractivity contribution in [3.8, 4) is 0 Å². The van der Waals surface area contributed by atoms with Gasteiger partial charge in [-0.1, -0.05) is 19.8 Å². The van der Waals surface area contributed by atoms with Crippen molar-refractivity contribution in [3.63, 3.8) is 0 Å². The zero-order valence-corrected chi connectivity index (χ0v) is 13.0. The number of carbonyl (C=O) groups excluding carboxylic acids is 2. The number of aliphatic carboxylic acids is 1. The molecule has 0 bridgehead atoms. The Morgan fingerprint density at radius 3 is 2.57 bits per heavy atom. The van der Waals surface area contributed by atoms with Gasteiger partial charge in [0.25, 0.3) is 0 Å². The van der Waals surface area contributed by atoms with Gasteiger partial charge in [-0.05, 0) is 26.2 Å². The Hall–Kier alpha value is -1.59. The molecule has 2 amide bonds. The van der Waals surface area contributed by atoms with Crippen LogP contribution in [0.4, 0.5) is 0 Å². The highest BCUT2D eigenvalue weighted by atomic mass is 16.4. The monoisotopic (exact) mass is 298 g/mol. The number of carbonyl (C=O) groups is 3. The number of amides is 2. The molecule has 1 aliphatic heterocycles. The Balaban J connectivity index is 2.69. The first-order chi connectivity index (χ1) is 9.95. The van der Waals surface area contributed by atoms with E-state index in [2.05, 4.69) is 0 Å². The number of carboxylic acids is 1. The van der Waals surface area contributed by atoms with Gasteiger partial charge in [-0.3, -0.25) is 14.4 Å². The smallest absolute Gasteiger partial charge is 0.323 e. The Kier molecular flexibility index (Phi) is 7.19. The summed E-state index contributed by atoms with van der Waals surface area (Å²) in [6.07, 6.45) is 5.07. The lowest BCUT2D eigenvalue weighted by Crippen LogP contribution is -2.48. The van der Waals surface area contributed by atoms with E-state index in [9.17, 15) is 14.4 Å². The van der Waals surface area contributed by atoms with Crippen molar-refractivity contribution in [1.29, 1.82) is 0 Å². The van der Waals surface area contributed by atoms with Gasteiger partial charge in [0.15, 0.2) is 0 Å². The molecule has 1 unspecified atom stereocenters. The van der Waals surface area contributed by atoms with Crippen molar-refractivity contribution in [2.75, 3.05) is 19.6 Å². The van der Waals surface area contributed by atoms with E-state index in [1.54, 1.807) is 4.90 Å². The van der Waals surface area contributed by atoms with Crippen molar-refractivity contribution in [3.05, 3.63) is 0 Å². The summed E-state index contributed by atoms with van der Waals surface area (Å²) in [6, 6.07) is -0.140.